The van der Waals surface area contributed by atoms with Gasteiger partial charge in [0.1, 0.15) is 0 Å². The number of hydrogen-bond acceptors (Lipinski definition) is 4. The number of carbonyl (C=O) groups excluding carboxylic acids is 1. The van der Waals surface area contributed by atoms with Gasteiger partial charge in [0, 0.05) is 11.1 Å². The van der Waals surface area contributed by atoms with Gasteiger partial charge in [0.05, 0.1) is 17.0 Å². The SMILES string of the molecule is O=C(Cc1ccccc1Cl)NNc1ccc(S(=O)(=O)NC2CC2)cc1. The van der Waals surface area contributed by atoms with Crippen LogP contribution in [0.25, 0.3) is 0 Å². The highest BCUT2D eigenvalue weighted by molar-refractivity contribution is 7.89. The molecule has 0 spiro atoms. The van der Waals surface area contributed by atoms with E-state index in [0.29, 0.717) is 10.7 Å². The molecule has 0 bridgehead atoms. The summed E-state index contributed by atoms with van der Waals surface area (Å²) in [5.74, 6) is -0.250. The smallest absolute Gasteiger partial charge is 0.242 e. The van der Waals surface area contributed by atoms with Crippen LogP contribution < -0.4 is 15.6 Å². The zero-order valence-electron chi connectivity index (χ0n) is 13.3. The summed E-state index contributed by atoms with van der Waals surface area (Å²) >= 11 is 6.02. The summed E-state index contributed by atoms with van der Waals surface area (Å²) < 4.78 is 26.8. The first-order valence-corrected chi connectivity index (χ1v) is 9.71. The molecule has 0 unspecified atom stereocenters. The number of benzene rings is 2. The van der Waals surface area contributed by atoms with Crippen molar-refractivity contribution in [2.75, 3.05) is 5.43 Å². The summed E-state index contributed by atoms with van der Waals surface area (Å²) in [4.78, 5) is 12.2. The highest BCUT2D eigenvalue weighted by Gasteiger charge is 2.27. The van der Waals surface area contributed by atoms with E-state index in [1.165, 1.54) is 12.1 Å². The van der Waals surface area contributed by atoms with Gasteiger partial charge in [-0.1, -0.05) is 29.8 Å². The molecule has 6 nitrogen and oxygen atoms in total. The molecule has 0 atom stereocenters. The number of sulfonamides is 1. The molecule has 3 rings (SSSR count). The Bertz CT molecular complexity index is 865. The summed E-state index contributed by atoms with van der Waals surface area (Å²) in [5, 5.41) is 0.537. The number of rotatable bonds is 7. The van der Waals surface area contributed by atoms with Crippen molar-refractivity contribution in [1.82, 2.24) is 10.1 Å². The Balaban J connectivity index is 1.55. The fraction of sp³-hybridized carbons (Fsp3) is 0.235. The lowest BCUT2D eigenvalue weighted by Crippen LogP contribution is -2.30. The molecule has 1 aliphatic carbocycles. The third-order valence-electron chi connectivity index (χ3n) is 3.72. The van der Waals surface area contributed by atoms with Gasteiger partial charge in [-0.3, -0.25) is 15.6 Å². The van der Waals surface area contributed by atoms with Crippen molar-refractivity contribution < 1.29 is 13.2 Å². The number of amides is 1. The van der Waals surface area contributed by atoms with Crippen LogP contribution in [0.4, 0.5) is 5.69 Å². The summed E-state index contributed by atoms with van der Waals surface area (Å²) in [6.45, 7) is 0. The Labute approximate surface area is 151 Å². The minimum absolute atomic E-state index is 0.0619. The molecular formula is C17H18ClN3O3S. The van der Waals surface area contributed by atoms with E-state index in [9.17, 15) is 13.2 Å². The second kappa shape index (κ2) is 7.43. The first-order chi connectivity index (χ1) is 11.9. The van der Waals surface area contributed by atoms with E-state index >= 15 is 0 Å². The third-order valence-corrected chi connectivity index (χ3v) is 5.62. The van der Waals surface area contributed by atoms with Crippen molar-refractivity contribution in [1.29, 1.82) is 0 Å². The maximum absolute atomic E-state index is 12.1. The molecule has 8 heteroatoms. The number of hydrogen-bond donors (Lipinski definition) is 3. The van der Waals surface area contributed by atoms with Gasteiger partial charge in [-0.2, -0.15) is 0 Å². The van der Waals surface area contributed by atoms with Crippen molar-refractivity contribution in [3.8, 4) is 0 Å². The Morgan fingerprint density at radius 1 is 1.08 bits per heavy atom. The van der Waals surface area contributed by atoms with E-state index in [0.717, 1.165) is 18.4 Å². The first-order valence-electron chi connectivity index (χ1n) is 7.85. The van der Waals surface area contributed by atoms with E-state index in [2.05, 4.69) is 15.6 Å². The lowest BCUT2D eigenvalue weighted by Gasteiger charge is -2.10. The van der Waals surface area contributed by atoms with Crippen molar-refractivity contribution >= 4 is 33.2 Å². The van der Waals surface area contributed by atoms with Crippen LogP contribution in [-0.2, 0) is 21.2 Å². The van der Waals surface area contributed by atoms with Crippen LogP contribution in [-0.4, -0.2) is 20.4 Å². The Morgan fingerprint density at radius 3 is 2.40 bits per heavy atom. The topological polar surface area (TPSA) is 87.3 Å². The quantitative estimate of drug-likeness (QED) is 0.645. The van der Waals surface area contributed by atoms with Crippen molar-refractivity contribution in [2.45, 2.75) is 30.2 Å². The summed E-state index contributed by atoms with van der Waals surface area (Å²) in [6, 6.07) is 13.4. The fourth-order valence-electron chi connectivity index (χ4n) is 2.21. The van der Waals surface area contributed by atoms with E-state index in [4.69, 9.17) is 11.6 Å². The monoisotopic (exact) mass is 379 g/mol. The summed E-state index contributed by atoms with van der Waals surface area (Å²) in [7, 11) is -3.47. The highest BCUT2D eigenvalue weighted by atomic mass is 35.5. The molecule has 0 saturated heterocycles. The number of halogens is 1. The molecule has 0 aromatic heterocycles. The summed E-state index contributed by atoms with van der Waals surface area (Å²) in [5.41, 5.74) is 6.63. The van der Waals surface area contributed by atoms with Crippen molar-refractivity contribution in [3.63, 3.8) is 0 Å². The van der Waals surface area contributed by atoms with Gasteiger partial charge in [-0.05, 0) is 48.7 Å². The number of anilines is 1. The Morgan fingerprint density at radius 2 is 1.76 bits per heavy atom. The van der Waals surface area contributed by atoms with Crippen molar-refractivity contribution in [2.24, 2.45) is 0 Å². The van der Waals surface area contributed by atoms with Gasteiger partial charge in [-0.25, -0.2) is 13.1 Å². The van der Waals surface area contributed by atoms with E-state index in [-0.39, 0.29) is 23.3 Å². The predicted molar refractivity (Wildman–Crippen MR) is 96.7 cm³/mol. The van der Waals surface area contributed by atoms with Gasteiger partial charge in [0.2, 0.25) is 15.9 Å². The average Bonchev–Trinajstić information content (AvgIpc) is 3.39. The summed E-state index contributed by atoms with van der Waals surface area (Å²) in [6.07, 6.45) is 1.91. The molecule has 3 N–H and O–H groups in total. The second-order valence-electron chi connectivity index (χ2n) is 5.86. The molecule has 132 valence electrons. The average molecular weight is 380 g/mol. The molecule has 1 fully saturated rings. The molecule has 1 saturated carbocycles. The maximum Gasteiger partial charge on any atom is 0.242 e. The van der Waals surface area contributed by atoms with Crippen molar-refractivity contribution in [3.05, 3.63) is 59.1 Å². The molecule has 1 amide bonds. The van der Waals surface area contributed by atoms with Crippen LogP contribution in [0.15, 0.2) is 53.4 Å². The van der Waals surface area contributed by atoms with Crippen LogP contribution in [0.2, 0.25) is 5.02 Å². The van der Waals surface area contributed by atoms with Crippen LogP contribution in [0.3, 0.4) is 0 Å². The van der Waals surface area contributed by atoms with Crippen LogP contribution in [0.1, 0.15) is 18.4 Å². The molecule has 2 aromatic carbocycles. The van der Waals surface area contributed by atoms with E-state index in [1.807, 2.05) is 6.07 Å². The second-order valence-corrected chi connectivity index (χ2v) is 7.98. The maximum atomic E-state index is 12.1. The Hall–Kier alpha value is -2.09. The van der Waals surface area contributed by atoms with Gasteiger partial charge in [-0.15, -0.1) is 0 Å². The molecule has 0 aliphatic heterocycles. The zero-order chi connectivity index (χ0) is 17.9. The molecule has 1 aliphatic rings. The number of nitrogens with one attached hydrogen (secondary N) is 3. The zero-order valence-corrected chi connectivity index (χ0v) is 14.9. The number of carbonyl (C=O) groups is 1. The molecule has 25 heavy (non-hydrogen) atoms. The lowest BCUT2D eigenvalue weighted by molar-refractivity contribution is -0.119. The van der Waals surface area contributed by atoms with Gasteiger partial charge in [0.25, 0.3) is 0 Å². The highest BCUT2D eigenvalue weighted by Crippen LogP contribution is 2.22. The lowest BCUT2D eigenvalue weighted by atomic mass is 10.1. The molecular weight excluding hydrogens is 362 g/mol. The minimum Gasteiger partial charge on any atom is -0.299 e. The normalized spacial score (nSPS) is 14.1. The largest absolute Gasteiger partial charge is 0.299 e. The van der Waals surface area contributed by atoms with Gasteiger partial charge >= 0.3 is 0 Å². The minimum atomic E-state index is -3.47. The van der Waals surface area contributed by atoms with Gasteiger partial charge in [0.15, 0.2) is 0 Å². The third kappa shape index (κ3) is 4.94. The van der Waals surface area contributed by atoms with Gasteiger partial charge < -0.3 is 0 Å². The molecule has 0 heterocycles. The number of hydrazine groups is 1. The fourth-order valence-corrected chi connectivity index (χ4v) is 3.71. The van der Waals surface area contributed by atoms with E-state index < -0.39 is 10.0 Å². The van der Waals surface area contributed by atoms with Crippen LogP contribution >= 0.6 is 11.6 Å². The van der Waals surface area contributed by atoms with Crippen LogP contribution in [0.5, 0.6) is 0 Å². The standard InChI is InChI=1S/C17H18ClN3O3S/c18-16-4-2-1-3-12(16)11-17(22)20-19-13-7-9-15(10-8-13)25(23,24)21-14-5-6-14/h1-4,7-10,14,19,21H,5-6,11H2,(H,20,22). The molecule has 0 radical (unpaired) electrons. The Kier molecular flexibility index (Phi) is 5.27. The first kappa shape index (κ1) is 17.7. The van der Waals surface area contributed by atoms with E-state index in [1.54, 1.807) is 30.3 Å². The predicted octanol–water partition coefficient (Wildman–Crippen LogP) is 2.47. The van der Waals surface area contributed by atoms with Crippen LogP contribution in [0, 0.1) is 0 Å². The molecule has 2 aromatic rings.